The summed E-state index contributed by atoms with van der Waals surface area (Å²) in [5.74, 6) is 0. The van der Waals surface area contributed by atoms with Crippen LogP contribution >= 0.6 is 0 Å². The van der Waals surface area contributed by atoms with Crippen LogP contribution in [-0.4, -0.2) is 31.8 Å². The van der Waals surface area contributed by atoms with Crippen molar-refractivity contribution >= 4 is 0 Å². The summed E-state index contributed by atoms with van der Waals surface area (Å²) < 4.78 is 5.47. The van der Waals surface area contributed by atoms with Crippen molar-refractivity contribution in [3.05, 3.63) is 0 Å². The molecule has 0 bridgehead atoms. The fraction of sp³-hybridized carbons (Fsp3) is 1.00. The number of nitrogens with one attached hydrogen (secondary N) is 1. The van der Waals surface area contributed by atoms with E-state index in [1.165, 1.54) is 12.8 Å². The Morgan fingerprint density at radius 3 is 3.08 bits per heavy atom. The first kappa shape index (κ1) is 9.96. The van der Waals surface area contributed by atoms with E-state index >= 15 is 0 Å². The Kier molecular flexibility index (Phi) is 4.58. The fourth-order valence-electron chi connectivity index (χ4n) is 1.40. The summed E-state index contributed by atoms with van der Waals surface area (Å²) in [7, 11) is 0. The van der Waals surface area contributed by atoms with Crippen molar-refractivity contribution < 1.29 is 4.74 Å². The molecular formula is C9H20N2O. The summed E-state index contributed by atoms with van der Waals surface area (Å²) in [6.07, 6.45) is 3.94. The van der Waals surface area contributed by atoms with Gasteiger partial charge in [-0.15, -0.1) is 0 Å². The van der Waals surface area contributed by atoms with E-state index in [2.05, 4.69) is 5.32 Å². The van der Waals surface area contributed by atoms with Crippen molar-refractivity contribution in [1.82, 2.24) is 5.32 Å². The highest BCUT2D eigenvalue weighted by molar-refractivity contribution is 4.67. The molecule has 1 fully saturated rings. The lowest BCUT2D eigenvalue weighted by Gasteiger charge is -2.11. The van der Waals surface area contributed by atoms with Crippen LogP contribution in [0, 0.1) is 0 Å². The van der Waals surface area contributed by atoms with E-state index < -0.39 is 0 Å². The lowest BCUT2D eigenvalue weighted by Crippen LogP contribution is -2.30. The Bertz CT molecular complexity index is 111. The molecule has 1 rings (SSSR count). The van der Waals surface area contributed by atoms with Crippen molar-refractivity contribution in [1.29, 1.82) is 0 Å². The van der Waals surface area contributed by atoms with Crippen LogP contribution in [-0.2, 0) is 4.74 Å². The Morgan fingerprint density at radius 1 is 1.67 bits per heavy atom. The number of hydrogen-bond donors (Lipinski definition) is 2. The molecule has 2 atom stereocenters. The molecule has 0 amide bonds. The SMILES string of the molecule is CC(N)CCNCC1CCCO1. The molecule has 72 valence electrons. The molecule has 3 nitrogen and oxygen atoms in total. The second kappa shape index (κ2) is 5.51. The lowest BCUT2D eigenvalue weighted by atomic mass is 10.2. The Morgan fingerprint density at radius 2 is 2.50 bits per heavy atom. The highest BCUT2D eigenvalue weighted by atomic mass is 16.5. The number of nitrogens with two attached hydrogens (primary N) is 1. The molecule has 3 N–H and O–H groups in total. The van der Waals surface area contributed by atoms with Crippen LogP contribution in [0.15, 0.2) is 0 Å². The van der Waals surface area contributed by atoms with E-state index in [4.69, 9.17) is 10.5 Å². The average Bonchev–Trinajstić information content (AvgIpc) is 2.49. The minimum absolute atomic E-state index is 0.307. The molecule has 0 saturated carbocycles. The van der Waals surface area contributed by atoms with Gasteiger partial charge >= 0.3 is 0 Å². The average molecular weight is 172 g/mol. The van der Waals surface area contributed by atoms with Gasteiger partial charge in [-0.3, -0.25) is 0 Å². The molecule has 3 heteroatoms. The second-order valence-electron chi connectivity index (χ2n) is 3.61. The molecule has 1 saturated heterocycles. The van der Waals surface area contributed by atoms with Gasteiger partial charge in [0.05, 0.1) is 6.10 Å². The van der Waals surface area contributed by atoms with E-state index in [-0.39, 0.29) is 0 Å². The van der Waals surface area contributed by atoms with E-state index in [1.54, 1.807) is 0 Å². The fourth-order valence-corrected chi connectivity index (χ4v) is 1.40. The van der Waals surface area contributed by atoms with Crippen LogP contribution in [0.5, 0.6) is 0 Å². The predicted molar refractivity (Wildman–Crippen MR) is 50.1 cm³/mol. The zero-order chi connectivity index (χ0) is 8.81. The van der Waals surface area contributed by atoms with Crippen molar-refractivity contribution in [3.63, 3.8) is 0 Å². The summed E-state index contributed by atoms with van der Waals surface area (Å²) in [4.78, 5) is 0. The molecule has 2 unspecified atom stereocenters. The molecule has 0 aromatic carbocycles. The number of ether oxygens (including phenoxy) is 1. The number of hydrogen-bond acceptors (Lipinski definition) is 3. The summed E-state index contributed by atoms with van der Waals surface area (Å²) >= 11 is 0. The van der Waals surface area contributed by atoms with Crippen LogP contribution in [0.2, 0.25) is 0 Å². The molecule has 0 radical (unpaired) electrons. The first-order valence-electron chi connectivity index (χ1n) is 4.87. The van der Waals surface area contributed by atoms with Crippen molar-refractivity contribution in [2.75, 3.05) is 19.7 Å². The maximum atomic E-state index is 5.62. The molecule has 0 spiro atoms. The third kappa shape index (κ3) is 4.04. The minimum Gasteiger partial charge on any atom is -0.377 e. The van der Waals surface area contributed by atoms with E-state index in [0.29, 0.717) is 12.1 Å². The van der Waals surface area contributed by atoms with Gasteiger partial charge in [-0.25, -0.2) is 0 Å². The van der Waals surface area contributed by atoms with Crippen LogP contribution in [0.3, 0.4) is 0 Å². The highest BCUT2D eigenvalue weighted by Crippen LogP contribution is 2.10. The molecule has 1 aliphatic rings. The van der Waals surface area contributed by atoms with Gasteiger partial charge in [-0.05, 0) is 32.7 Å². The Hall–Kier alpha value is -0.120. The molecule has 0 aromatic heterocycles. The zero-order valence-electron chi connectivity index (χ0n) is 7.88. The number of rotatable bonds is 5. The summed E-state index contributed by atoms with van der Waals surface area (Å²) in [5, 5.41) is 3.35. The van der Waals surface area contributed by atoms with E-state index in [0.717, 1.165) is 26.1 Å². The van der Waals surface area contributed by atoms with E-state index in [1.807, 2.05) is 6.92 Å². The largest absolute Gasteiger partial charge is 0.377 e. The Labute approximate surface area is 74.7 Å². The van der Waals surface area contributed by atoms with Crippen LogP contribution < -0.4 is 11.1 Å². The lowest BCUT2D eigenvalue weighted by molar-refractivity contribution is 0.110. The second-order valence-corrected chi connectivity index (χ2v) is 3.61. The highest BCUT2D eigenvalue weighted by Gasteiger charge is 2.14. The molecule has 1 heterocycles. The van der Waals surface area contributed by atoms with Gasteiger partial charge in [0.2, 0.25) is 0 Å². The van der Waals surface area contributed by atoms with Crippen molar-refractivity contribution in [2.24, 2.45) is 5.73 Å². The molecule has 1 aliphatic heterocycles. The summed E-state index contributed by atoms with van der Waals surface area (Å²) in [6, 6.07) is 0.307. The van der Waals surface area contributed by atoms with Crippen molar-refractivity contribution in [2.45, 2.75) is 38.3 Å². The van der Waals surface area contributed by atoms with Gasteiger partial charge < -0.3 is 15.8 Å². The minimum atomic E-state index is 0.307. The maximum absolute atomic E-state index is 5.62. The molecule has 12 heavy (non-hydrogen) atoms. The Balaban J connectivity index is 1.88. The van der Waals surface area contributed by atoms with Gasteiger partial charge in [0, 0.05) is 19.2 Å². The van der Waals surface area contributed by atoms with Crippen molar-refractivity contribution in [3.8, 4) is 0 Å². The van der Waals surface area contributed by atoms with E-state index in [9.17, 15) is 0 Å². The van der Waals surface area contributed by atoms with Crippen LogP contribution in [0.4, 0.5) is 0 Å². The van der Waals surface area contributed by atoms with Crippen LogP contribution in [0.1, 0.15) is 26.2 Å². The monoisotopic (exact) mass is 172 g/mol. The topological polar surface area (TPSA) is 47.3 Å². The van der Waals surface area contributed by atoms with Gasteiger partial charge in [-0.2, -0.15) is 0 Å². The third-order valence-electron chi connectivity index (χ3n) is 2.17. The maximum Gasteiger partial charge on any atom is 0.0700 e. The van der Waals surface area contributed by atoms with Crippen LogP contribution in [0.25, 0.3) is 0 Å². The molecular weight excluding hydrogens is 152 g/mol. The molecule has 0 aromatic rings. The molecule has 0 aliphatic carbocycles. The first-order valence-corrected chi connectivity index (χ1v) is 4.87. The van der Waals surface area contributed by atoms with Gasteiger partial charge in [0.25, 0.3) is 0 Å². The standard InChI is InChI=1S/C9H20N2O/c1-8(10)4-5-11-7-9-3-2-6-12-9/h8-9,11H,2-7,10H2,1H3. The van der Waals surface area contributed by atoms with Gasteiger partial charge in [0.15, 0.2) is 0 Å². The summed E-state index contributed by atoms with van der Waals surface area (Å²) in [5.41, 5.74) is 5.62. The smallest absolute Gasteiger partial charge is 0.0700 e. The predicted octanol–water partition coefficient (Wildman–Crippen LogP) is 0.492. The van der Waals surface area contributed by atoms with Gasteiger partial charge in [-0.1, -0.05) is 0 Å². The first-order chi connectivity index (χ1) is 5.79. The van der Waals surface area contributed by atoms with Gasteiger partial charge in [0.1, 0.15) is 0 Å². The zero-order valence-corrected chi connectivity index (χ0v) is 7.88. The quantitative estimate of drug-likeness (QED) is 0.593. The summed E-state index contributed by atoms with van der Waals surface area (Å²) in [6.45, 7) is 4.98. The third-order valence-corrected chi connectivity index (χ3v) is 2.17. The normalized spacial score (nSPS) is 26.0.